The summed E-state index contributed by atoms with van der Waals surface area (Å²) < 4.78 is 9.71. The van der Waals surface area contributed by atoms with E-state index < -0.39 is 11.9 Å². The molecule has 0 saturated carbocycles. The number of nitrogens with zero attached hydrogens (tertiary/aromatic N) is 2. The van der Waals surface area contributed by atoms with Crippen molar-refractivity contribution in [2.45, 2.75) is 66.2 Å². The molecule has 0 unspecified atom stereocenters. The fourth-order valence-corrected chi connectivity index (χ4v) is 3.77. The average molecular weight is 483 g/mol. The van der Waals surface area contributed by atoms with E-state index >= 15 is 0 Å². The summed E-state index contributed by atoms with van der Waals surface area (Å²) in [5.74, 6) is -1.44. The Morgan fingerprint density at radius 3 is 1.75 bits per heavy atom. The third-order valence-electron chi connectivity index (χ3n) is 3.89. The van der Waals surface area contributed by atoms with Crippen LogP contribution in [-0.4, -0.2) is 35.1 Å². The molecule has 0 bridgehead atoms. The van der Waals surface area contributed by atoms with Crippen LogP contribution in [0.1, 0.15) is 66.8 Å². The Labute approximate surface area is 198 Å². The van der Waals surface area contributed by atoms with Crippen LogP contribution in [0, 0.1) is 0 Å². The number of nitrogens with one attached hydrogen (secondary N) is 1. The number of thiazole rings is 2. The van der Waals surface area contributed by atoms with E-state index in [0.29, 0.717) is 10.3 Å². The van der Waals surface area contributed by atoms with E-state index in [2.05, 4.69) is 56.8 Å². The SMILES string of the molecule is CC(C)(C)c1csc(N)n1.CCOC(=O)C(=CNc1nc(C(C)(C)C)cs1)C(=O)OCC. The fourth-order valence-electron chi connectivity index (χ4n) is 2.07. The quantitative estimate of drug-likeness (QED) is 0.259. The van der Waals surface area contributed by atoms with Crippen LogP contribution in [0.15, 0.2) is 22.5 Å². The molecule has 0 aromatic carbocycles. The Morgan fingerprint density at radius 1 is 0.938 bits per heavy atom. The van der Waals surface area contributed by atoms with Gasteiger partial charge in [-0.15, -0.1) is 22.7 Å². The second kappa shape index (κ2) is 12.0. The first kappa shape index (κ1) is 27.6. The van der Waals surface area contributed by atoms with Gasteiger partial charge in [-0.3, -0.25) is 0 Å². The number of hydrogen-bond donors (Lipinski definition) is 2. The minimum atomic E-state index is -0.721. The van der Waals surface area contributed by atoms with Gasteiger partial charge in [0.05, 0.1) is 24.6 Å². The summed E-state index contributed by atoms with van der Waals surface area (Å²) in [6.07, 6.45) is 1.28. The van der Waals surface area contributed by atoms with Crippen LogP contribution >= 0.6 is 22.7 Å². The molecule has 2 rings (SSSR count). The van der Waals surface area contributed by atoms with Gasteiger partial charge < -0.3 is 20.5 Å². The molecular weight excluding hydrogens is 448 g/mol. The highest BCUT2D eigenvalue weighted by atomic mass is 32.1. The smallest absolute Gasteiger partial charge is 0.347 e. The molecule has 0 saturated heterocycles. The van der Waals surface area contributed by atoms with Gasteiger partial charge in [0.1, 0.15) is 0 Å². The zero-order valence-electron chi connectivity index (χ0n) is 20.1. The van der Waals surface area contributed by atoms with E-state index in [0.717, 1.165) is 11.4 Å². The normalized spacial score (nSPS) is 11.1. The van der Waals surface area contributed by atoms with Crippen molar-refractivity contribution in [2.24, 2.45) is 0 Å². The van der Waals surface area contributed by atoms with Gasteiger partial charge in [-0.1, -0.05) is 41.5 Å². The minimum absolute atomic E-state index is 0.0642. The number of esters is 2. The maximum absolute atomic E-state index is 11.8. The van der Waals surface area contributed by atoms with Crippen molar-refractivity contribution in [3.63, 3.8) is 0 Å². The molecule has 0 amide bonds. The molecule has 0 fully saturated rings. The summed E-state index contributed by atoms with van der Waals surface area (Å²) in [4.78, 5) is 32.2. The fraction of sp³-hybridized carbons (Fsp3) is 0.545. The highest BCUT2D eigenvalue weighted by molar-refractivity contribution is 7.14. The van der Waals surface area contributed by atoms with Gasteiger partial charge in [0, 0.05) is 27.8 Å². The summed E-state index contributed by atoms with van der Waals surface area (Å²) in [6.45, 7) is 16.3. The number of carbonyl (C=O) groups excluding carboxylic acids is 2. The number of ether oxygens (including phenoxy) is 2. The van der Waals surface area contributed by atoms with E-state index in [1.54, 1.807) is 13.8 Å². The molecule has 32 heavy (non-hydrogen) atoms. The number of aromatic nitrogens is 2. The van der Waals surface area contributed by atoms with Crippen molar-refractivity contribution in [3.8, 4) is 0 Å². The number of nitrogens with two attached hydrogens (primary N) is 1. The van der Waals surface area contributed by atoms with E-state index in [1.807, 2.05) is 10.8 Å². The summed E-state index contributed by atoms with van der Waals surface area (Å²) in [7, 11) is 0. The van der Waals surface area contributed by atoms with E-state index in [9.17, 15) is 9.59 Å². The molecule has 0 radical (unpaired) electrons. The van der Waals surface area contributed by atoms with E-state index in [1.165, 1.54) is 28.9 Å². The molecule has 2 aromatic rings. The molecule has 178 valence electrons. The summed E-state index contributed by atoms with van der Waals surface area (Å²) in [6, 6.07) is 0. The lowest BCUT2D eigenvalue weighted by molar-refractivity contribution is -0.146. The van der Waals surface area contributed by atoms with Crippen molar-refractivity contribution < 1.29 is 19.1 Å². The van der Waals surface area contributed by atoms with Gasteiger partial charge in [-0.25, -0.2) is 19.6 Å². The molecule has 0 aliphatic heterocycles. The molecule has 2 heterocycles. The van der Waals surface area contributed by atoms with Crippen LogP contribution < -0.4 is 11.1 Å². The predicted molar refractivity (Wildman–Crippen MR) is 131 cm³/mol. The first-order chi connectivity index (χ1) is 14.8. The molecule has 0 atom stereocenters. The monoisotopic (exact) mass is 482 g/mol. The molecule has 2 aromatic heterocycles. The standard InChI is InChI=1S/C15H22N2O4S.C7H12N2S/c1-6-20-12(18)10(13(19)21-7-2)8-16-14-17-11(9-22-14)15(3,4)5;1-7(2,3)5-4-10-6(8)9-5/h8-9H,6-7H2,1-5H3,(H,16,17);4H,1-3H3,(H2,8,9). The second-order valence-corrected chi connectivity index (χ2v) is 10.5. The molecule has 0 aliphatic carbocycles. The van der Waals surface area contributed by atoms with Gasteiger partial charge >= 0.3 is 11.9 Å². The van der Waals surface area contributed by atoms with Gasteiger partial charge in [-0.05, 0) is 13.8 Å². The zero-order valence-corrected chi connectivity index (χ0v) is 21.7. The number of rotatable bonds is 6. The topological polar surface area (TPSA) is 116 Å². The summed E-state index contributed by atoms with van der Waals surface area (Å²) in [5.41, 5.74) is 7.38. The number of hydrogen-bond acceptors (Lipinski definition) is 10. The molecular formula is C22H34N4O4S2. The highest BCUT2D eigenvalue weighted by Crippen LogP contribution is 2.26. The van der Waals surface area contributed by atoms with Crippen molar-refractivity contribution in [2.75, 3.05) is 24.3 Å². The number of carbonyl (C=O) groups is 2. The highest BCUT2D eigenvalue weighted by Gasteiger charge is 2.22. The molecule has 3 N–H and O–H groups in total. The zero-order chi connectivity index (χ0) is 24.5. The Hall–Kier alpha value is -2.46. The van der Waals surface area contributed by atoms with E-state index in [-0.39, 0.29) is 29.6 Å². The van der Waals surface area contributed by atoms with Crippen LogP contribution in [0.5, 0.6) is 0 Å². The number of nitrogen functional groups attached to an aromatic ring is 1. The average Bonchev–Trinajstić information content (AvgIpc) is 3.31. The van der Waals surface area contributed by atoms with Crippen LogP contribution in [0.4, 0.5) is 10.3 Å². The molecule has 0 aliphatic rings. The first-order valence-corrected chi connectivity index (χ1v) is 12.0. The summed E-state index contributed by atoms with van der Waals surface area (Å²) in [5, 5.41) is 8.05. The van der Waals surface area contributed by atoms with Crippen LogP contribution in [0.3, 0.4) is 0 Å². The second-order valence-electron chi connectivity index (χ2n) is 8.75. The molecule has 10 heteroatoms. The lowest BCUT2D eigenvalue weighted by Gasteiger charge is -2.14. The minimum Gasteiger partial charge on any atom is -0.462 e. The van der Waals surface area contributed by atoms with Crippen LogP contribution in [0.2, 0.25) is 0 Å². The summed E-state index contributed by atoms with van der Waals surface area (Å²) >= 11 is 2.90. The molecule has 0 spiro atoms. The third kappa shape index (κ3) is 8.96. The maximum atomic E-state index is 11.8. The van der Waals surface area contributed by atoms with Gasteiger partial charge in [0.15, 0.2) is 15.8 Å². The molecule has 8 nitrogen and oxygen atoms in total. The first-order valence-electron chi connectivity index (χ1n) is 10.3. The lowest BCUT2D eigenvalue weighted by Crippen LogP contribution is -2.19. The lowest BCUT2D eigenvalue weighted by atomic mass is 9.93. The predicted octanol–water partition coefficient (Wildman–Crippen LogP) is 4.89. The Morgan fingerprint density at radius 2 is 1.41 bits per heavy atom. The van der Waals surface area contributed by atoms with E-state index in [4.69, 9.17) is 15.2 Å². The van der Waals surface area contributed by atoms with Crippen LogP contribution in [-0.2, 0) is 29.9 Å². The van der Waals surface area contributed by atoms with Crippen molar-refractivity contribution in [1.29, 1.82) is 0 Å². The van der Waals surface area contributed by atoms with Gasteiger partial charge in [-0.2, -0.15) is 0 Å². The maximum Gasteiger partial charge on any atom is 0.347 e. The van der Waals surface area contributed by atoms with Crippen LogP contribution in [0.25, 0.3) is 0 Å². The third-order valence-corrected chi connectivity index (χ3v) is 5.34. The Balaban J connectivity index is 0.000000425. The largest absolute Gasteiger partial charge is 0.462 e. The van der Waals surface area contributed by atoms with Crippen molar-refractivity contribution in [1.82, 2.24) is 9.97 Å². The Kier molecular flexibility index (Phi) is 10.3. The van der Waals surface area contributed by atoms with Gasteiger partial charge in [0.2, 0.25) is 0 Å². The Bertz CT molecular complexity index is 901. The van der Waals surface area contributed by atoms with Crippen molar-refractivity contribution >= 4 is 44.9 Å². The van der Waals surface area contributed by atoms with Gasteiger partial charge in [0.25, 0.3) is 0 Å². The number of anilines is 2. The van der Waals surface area contributed by atoms with Crippen molar-refractivity contribution in [3.05, 3.63) is 33.9 Å².